The van der Waals surface area contributed by atoms with Crippen LogP contribution in [0.15, 0.2) is 38.7 Å². The third-order valence-electron chi connectivity index (χ3n) is 7.13. The van der Waals surface area contributed by atoms with Gasteiger partial charge in [-0.25, -0.2) is 19.6 Å². The molecule has 15 nitrogen and oxygen atoms in total. The number of hydrogen-bond donors (Lipinski definition) is 5. The van der Waals surface area contributed by atoms with Crippen LogP contribution in [0.1, 0.15) is 31.4 Å². The van der Waals surface area contributed by atoms with Crippen molar-refractivity contribution in [1.82, 2.24) is 20.1 Å². The number of thioether (sulfide) groups is 2. The Morgan fingerprint density at radius 3 is 2.67 bits per heavy atom. The first-order valence-corrected chi connectivity index (χ1v) is 15.7. The van der Waals surface area contributed by atoms with Crippen molar-refractivity contribution in [2.75, 3.05) is 30.8 Å². The molecule has 4 heterocycles. The summed E-state index contributed by atoms with van der Waals surface area (Å²) in [5.41, 5.74) is 10.1. The lowest BCUT2D eigenvalue weighted by Crippen LogP contribution is -2.71. The van der Waals surface area contributed by atoms with Gasteiger partial charge in [0.25, 0.3) is 11.8 Å². The Morgan fingerprint density at radius 1 is 1.29 bits per heavy atom. The van der Waals surface area contributed by atoms with Gasteiger partial charge in [0.15, 0.2) is 16.0 Å². The minimum absolute atomic E-state index is 0.0602. The van der Waals surface area contributed by atoms with Gasteiger partial charge in [0.2, 0.25) is 5.60 Å². The van der Waals surface area contributed by atoms with Crippen LogP contribution in [-0.2, 0) is 24.0 Å². The maximum absolute atomic E-state index is 13.4. The van der Waals surface area contributed by atoms with E-state index >= 15 is 0 Å². The zero-order valence-corrected chi connectivity index (χ0v) is 24.8. The molecule has 1 saturated heterocycles. The Bertz CT molecular complexity index is 1450. The van der Waals surface area contributed by atoms with Crippen LogP contribution in [0.3, 0.4) is 0 Å². The number of rotatable bonds is 9. The van der Waals surface area contributed by atoms with Crippen LogP contribution in [-0.4, -0.2) is 102 Å². The summed E-state index contributed by atoms with van der Waals surface area (Å²) in [6.07, 6.45) is 3.49. The van der Waals surface area contributed by atoms with E-state index in [0.717, 1.165) is 11.3 Å². The Morgan fingerprint density at radius 2 is 2.02 bits per heavy atom. The maximum atomic E-state index is 13.4. The third kappa shape index (κ3) is 5.65. The number of aromatic nitrogens is 1. The quantitative estimate of drug-likeness (QED) is 0.141. The van der Waals surface area contributed by atoms with E-state index < -0.39 is 40.8 Å². The minimum atomic E-state index is -1.56. The van der Waals surface area contributed by atoms with Crippen LogP contribution < -0.4 is 16.8 Å². The van der Waals surface area contributed by atoms with Gasteiger partial charge in [-0.05, 0) is 24.5 Å². The molecule has 1 saturated carbocycles. The number of aliphatic carboxylic acids is 2. The number of nitrogens with two attached hydrogens (primary N) is 2. The Balaban J connectivity index is 1.33. The molecule has 1 aromatic heterocycles. The summed E-state index contributed by atoms with van der Waals surface area (Å²) in [6, 6.07) is -1.05. The van der Waals surface area contributed by atoms with Crippen LogP contribution in [0.2, 0.25) is 0 Å². The molecule has 2 fully saturated rings. The smallest absolute Gasteiger partial charge is 0.352 e. The van der Waals surface area contributed by atoms with Gasteiger partial charge < -0.3 is 36.7 Å². The van der Waals surface area contributed by atoms with Gasteiger partial charge >= 0.3 is 11.9 Å². The first-order valence-electron chi connectivity index (χ1n) is 12.8. The van der Waals surface area contributed by atoms with Crippen molar-refractivity contribution in [3.8, 4) is 0 Å². The van der Waals surface area contributed by atoms with Crippen molar-refractivity contribution in [3.63, 3.8) is 0 Å². The fourth-order valence-corrected chi connectivity index (χ4v) is 7.90. The number of nitrogen functional groups attached to an aromatic ring is 1. The number of oxime groups is 1. The highest BCUT2D eigenvalue weighted by atomic mass is 32.2. The molecule has 42 heavy (non-hydrogen) atoms. The highest BCUT2D eigenvalue weighted by Crippen LogP contribution is 2.41. The zero-order chi connectivity index (χ0) is 30.2. The number of amides is 2. The number of anilines is 1. The number of carboxylic acid groups (broad SMARTS) is 2. The lowest BCUT2D eigenvalue weighted by Gasteiger charge is -2.49. The van der Waals surface area contributed by atoms with E-state index in [1.807, 2.05) is 11.9 Å². The first kappa shape index (κ1) is 29.7. The second-order valence-electron chi connectivity index (χ2n) is 9.92. The van der Waals surface area contributed by atoms with Crippen molar-refractivity contribution < 1.29 is 34.2 Å². The summed E-state index contributed by atoms with van der Waals surface area (Å²) in [4.78, 5) is 67.6. The summed E-state index contributed by atoms with van der Waals surface area (Å²) in [6.45, 7) is 0.576. The molecule has 0 aromatic carbocycles. The van der Waals surface area contributed by atoms with Crippen LogP contribution >= 0.6 is 34.9 Å². The number of carbonyl (C=O) groups excluding carboxylic acids is 2. The van der Waals surface area contributed by atoms with Crippen molar-refractivity contribution >= 4 is 74.6 Å². The number of hydrogen-bond acceptors (Lipinski definition) is 14. The molecule has 0 bridgehead atoms. The van der Waals surface area contributed by atoms with Crippen LogP contribution in [0.5, 0.6) is 0 Å². The van der Waals surface area contributed by atoms with Gasteiger partial charge in [-0.15, -0.1) is 23.1 Å². The fourth-order valence-electron chi connectivity index (χ4n) is 4.87. The van der Waals surface area contributed by atoms with Crippen LogP contribution in [0.4, 0.5) is 5.13 Å². The SMILES string of the molecule is CN1CC=C(N)N=C1SCC1=C(C(=O)O)N2C(=O)C(NC(=O)/C(=N\OC3(C(=O)O)CCCC3)c3csc(N)n3)[C@@H]2SC1. The molecule has 1 aromatic rings. The number of thiazole rings is 1. The summed E-state index contributed by atoms with van der Waals surface area (Å²) in [5.74, 6) is -2.90. The molecule has 1 unspecified atom stereocenters. The van der Waals surface area contributed by atoms with Gasteiger partial charge in [-0.2, -0.15) is 0 Å². The van der Waals surface area contributed by atoms with E-state index in [2.05, 4.69) is 20.4 Å². The van der Waals surface area contributed by atoms with E-state index in [1.54, 1.807) is 6.08 Å². The number of nitrogens with zero attached hydrogens (tertiary/aromatic N) is 5. The number of aliphatic imine (C=N–C) groups is 1. The summed E-state index contributed by atoms with van der Waals surface area (Å²) in [7, 11) is 1.84. The molecule has 0 spiro atoms. The van der Waals surface area contributed by atoms with E-state index in [1.165, 1.54) is 33.8 Å². The summed E-state index contributed by atoms with van der Waals surface area (Å²) >= 11 is 3.69. The minimum Gasteiger partial charge on any atom is -0.478 e. The monoisotopic (exact) mass is 636 g/mol. The number of nitrogens with one attached hydrogen (secondary N) is 1. The zero-order valence-electron chi connectivity index (χ0n) is 22.3. The first-order chi connectivity index (χ1) is 20.0. The molecule has 4 aliphatic rings. The second-order valence-corrected chi connectivity index (χ2v) is 12.9. The second kappa shape index (κ2) is 11.8. The van der Waals surface area contributed by atoms with Crippen LogP contribution in [0.25, 0.3) is 0 Å². The van der Waals surface area contributed by atoms with Gasteiger partial charge in [-0.1, -0.05) is 16.9 Å². The number of likely N-dealkylation sites (N-methyl/N-ethyl adjacent to an activating group) is 1. The molecule has 1 aliphatic carbocycles. The summed E-state index contributed by atoms with van der Waals surface area (Å²) < 4.78 is 0. The van der Waals surface area contributed by atoms with E-state index in [4.69, 9.17) is 16.3 Å². The molecule has 3 aliphatic heterocycles. The van der Waals surface area contributed by atoms with E-state index in [9.17, 15) is 29.4 Å². The Kier molecular flexibility index (Phi) is 8.38. The number of carboxylic acids is 2. The average Bonchev–Trinajstić information content (AvgIpc) is 3.61. The van der Waals surface area contributed by atoms with E-state index in [-0.39, 0.29) is 40.8 Å². The fraction of sp³-hybridized carbons (Fsp3) is 0.458. The van der Waals surface area contributed by atoms with Crippen molar-refractivity contribution in [2.45, 2.75) is 42.7 Å². The molecular weight excluding hydrogens is 609 g/mol. The molecule has 18 heteroatoms. The van der Waals surface area contributed by atoms with Crippen LogP contribution in [0, 0.1) is 0 Å². The van der Waals surface area contributed by atoms with Gasteiger partial charge in [0.05, 0.1) is 0 Å². The molecule has 0 radical (unpaired) electrons. The predicted octanol–water partition coefficient (Wildman–Crippen LogP) is 0.417. The molecule has 2 atom stereocenters. The van der Waals surface area contributed by atoms with Crippen molar-refractivity contribution in [3.05, 3.63) is 34.2 Å². The predicted molar refractivity (Wildman–Crippen MR) is 157 cm³/mol. The number of β-lactam (4-membered cyclic amide) rings is 1. The third-order valence-corrected chi connectivity index (χ3v) is 10.3. The lowest BCUT2D eigenvalue weighted by molar-refractivity contribution is -0.165. The van der Waals surface area contributed by atoms with Gasteiger partial charge in [0, 0.05) is 43.3 Å². The molecule has 7 N–H and O–H groups in total. The summed E-state index contributed by atoms with van der Waals surface area (Å²) in [5, 5.41) is 27.8. The highest BCUT2D eigenvalue weighted by molar-refractivity contribution is 8.14. The average molecular weight is 637 g/mol. The maximum Gasteiger partial charge on any atom is 0.352 e. The Labute approximate surface area is 252 Å². The van der Waals surface area contributed by atoms with Crippen molar-refractivity contribution in [2.24, 2.45) is 15.9 Å². The van der Waals surface area contributed by atoms with E-state index in [0.29, 0.717) is 41.7 Å². The number of carbonyl (C=O) groups is 4. The standard InChI is InChI=1S/C24H28N8O7S3/c1-31-7-4-13(25)28-23(31)42-9-11-8-40-19-15(18(34)32(19)16(11)20(35)36)29-17(33)14(12-10-41-22(26)27-12)30-39-24(21(37)38)5-2-3-6-24/h4,10,15,19H,2-3,5-9,25H2,1H3,(H2,26,27)(H,29,33)(H,35,36)(H,37,38)/b30-14-/t15?,19-/m0/s1. The largest absolute Gasteiger partial charge is 0.478 e. The Hall–Kier alpha value is -3.77. The molecular formula is C24H28N8O7S3. The van der Waals surface area contributed by atoms with Crippen molar-refractivity contribution in [1.29, 1.82) is 0 Å². The number of amidine groups is 1. The van der Waals surface area contributed by atoms with Gasteiger partial charge in [0.1, 0.15) is 28.6 Å². The molecule has 5 rings (SSSR count). The normalized spacial score (nSPS) is 23.5. The molecule has 2 amide bonds. The topological polar surface area (TPSA) is 226 Å². The number of fused-ring (bicyclic) bond motifs is 1. The van der Waals surface area contributed by atoms with Gasteiger partial charge in [-0.3, -0.25) is 14.5 Å². The highest BCUT2D eigenvalue weighted by Gasteiger charge is 2.54. The molecule has 224 valence electrons. The lowest BCUT2D eigenvalue weighted by atomic mass is 10.0.